The molecule has 1 aliphatic carbocycles. The minimum Gasteiger partial charge on any atom is -0.342 e. The zero-order valence-corrected chi connectivity index (χ0v) is 18.6. The molecule has 30 heavy (non-hydrogen) atoms. The standard InChI is InChI=1S/C21H26ClFN6S/c1-3-29-19(25-2)15(30-14-6-10-26-18(23)17(14)22)13-27-20(29)28-11-8-21(9-12-28)7-4-5-16(21)24/h3,6,10,13,16H,1,4-5,7-9,11-12,24H2,2H3/b25-19-. The Kier molecular flexibility index (Phi) is 6.18. The van der Waals surface area contributed by atoms with E-state index in [1.54, 1.807) is 25.5 Å². The molecule has 1 atom stereocenters. The lowest BCUT2D eigenvalue weighted by Gasteiger charge is -2.42. The average Bonchev–Trinajstić information content (AvgIpc) is 3.11. The van der Waals surface area contributed by atoms with Crippen LogP contribution in [0.25, 0.3) is 6.20 Å². The summed E-state index contributed by atoms with van der Waals surface area (Å²) >= 11 is 7.39. The van der Waals surface area contributed by atoms with Gasteiger partial charge < -0.3 is 10.6 Å². The van der Waals surface area contributed by atoms with E-state index in [1.807, 2.05) is 4.57 Å². The fraction of sp³-hybridized carbons (Fsp3) is 0.476. The lowest BCUT2D eigenvalue weighted by Crippen LogP contribution is -2.48. The lowest BCUT2D eigenvalue weighted by atomic mass is 9.74. The lowest BCUT2D eigenvalue weighted by molar-refractivity contribution is 0.196. The smallest absolute Gasteiger partial charge is 0.232 e. The maximum atomic E-state index is 13.7. The first kappa shape index (κ1) is 21.3. The summed E-state index contributed by atoms with van der Waals surface area (Å²) in [6, 6.07) is 1.99. The first-order chi connectivity index (χ1) is 14.5. The molecule has 6 nitrogen and oxygen atoms in total. The van der Waals surface area contributed by atoms with E-state index in [1.165, 1.54) is 30.8 Å². The van der Waals surface area contributed by atoms with Crippen molar-refractivity contribution < 1.29 is 4.39 Å². The molecule has 0 bridgehead atoms. The summed E-state index contributed by atoms with van der Waals surface area (Å²) in [6.07, 6.45) is 10.6. The number of aromatic nitrogens is 3. The zero-order valence-electron chi connectivity index (χ0n) is 17.0. The number of nitrogens with two attached hydrogens (primary N) is 1. The predicted molar refractivity (Wildman–Crippen MR) is 119 cm³/mol. The normalized spacial score (nSPS) is 21.4. The van der Waals surface area contributed by atoms with Gasteiger partial charge in [-0.3, -0.25) is 9.56 Å². The Balaban J connectivity index is 1.63. The summed E-state index contributed by atoms with van der Waals surface area (Å²) in [5, 5.41) is -0.00647. The SMILES string of the molecule is C=Cn1c(N2CCC3(CCCC3N)CC2)ncc(Sc2ccnc(F)c2Cl)/c1=N/C. The van der Waals surface area contributed by atoms with E-state index in [-0.39, 0.29) is 10.4 Å². The van der Waals surface area contributed by atoms with E-state index in [0.717, 1.165) is 43.2 Å². The third-order valence-corrected chi connectivity index (χ3v) is 7.94. The molecule has 4 rings (SSSR count). The maximum Gasteiger partial charge on any atom is 0.232 e. The molecule has 1 unspecified atom stereocenters. The molecule has 1 saturated heterocycles. The van der Waals surface area contributed by atoms with Crippen molar-refractivity contribution in [3.8, 4) is 0 Å². The number of halogens is 2. The number of pyridine rings is 1. The van der Waals surface area contributed by atoms with Gasteiger partial charge in [-0.1, -0.05) is 36.4 Å². The molecule has 0 aromatic carbocycles. The summed E-state index contributed by atoms with van der Waals surface area (Å²) < 4.78 is 15.6. The second kappa shape index (κ2) is 8.69. The minimum atomic E-state index is -0.690. The number of rotatable bonds is 4. The van der Waals surface area contributed by atoms with Gasteiger partial charge in [-0.05, 0) is 37.2 Å². The molecule has 2 N–H and O–H groups in total. The van der Waals surface area contributed by atoms with Gasteiger partial charge in [0, 0.05) is 49.7 Å². The molecule has 1 saturated carbocycles. The highest BCUT2D eigenvalue weighted by molar-refractivity contribution is 7.99. The van der Waals surface area contributed by atoms with Crippen molar-refractivity contribution in [1.29, 1.82) is 0 Å². The van der Waals surface area contributed by atoms with E-state index in [9.17, 15) is 4.39 Å². The van der Waals surface area contributed by atoms with Crippen LogP contribution < -0.4 is 16.1 Å². The minimum absolute atomic E-state index is 0.00647. The van der Waals surface area contributed by atoms with Crippen LogP contribution in [0.3, 0.4) is 0 Å². The van der Waals surface area contributed by atoms with Crippen LogP contribution in [0.4, 0.5) is 10.3 Å². The Bertz CT molecular complexity index is 1020. The summed E-state index contributed by atoms with van der Waals surface area (Å²) in [4.78, 5) is 16.4. The third kappa shape index (κ3) is 3.76. The van der Waals surface area contributed by atoms with Crippen LogP contribution in [0, 0.1) is 11.4 Å². The van der Waals surface area contributed by atoms with Crippen LogP contribution in [-0.4, -0.2) is 40.7 Å². The van der Waals surface area contributed by atoms with Gasteiger partial charge >= 0.3 is 0 Å². The highest BCUT2D eigenvalue weighted by Gasteiger charge is 2.43. The molecule has 2 aromatic heterocycles. The Morgan fingerprint density at radius 1 is 1.33 bits per heavy atom. The monoisotopic (exact) mass is 448 g/mol. The van der Waals surface area contributed by atoms with E-state index in [4.69, 9.17) is 22.3 Å². The summed E-state index contributed by atoms with van der Waals surface area (Å²) in [5.74, 6) is 0.119. The molecular formula is C21H26ClFN6S. The molecule has 0 radical (unpaired) electrons. The van der Waals surface area contributed by atoms with Gasteiger partial charge in [-0.15, -0.1) is 0 Å². The molecule has 3 heterocycles. The quantitative estimate of drug-likeness (QED) is 0.717. The van der Waals surface area contributed by atoms with Crippen molar-refractivity contribution in [3.05, 3.63) is 41.5 Å². The molecular weight excluding hydrogens is 423 g/mol. The Morgan fingerprint density at radius 3 is 2.73 bits per heavy atom. The summed E-state index contributed by atoms with van der Waals surface area (Å²) in [6.45, 7) is 5.79. The van der Waals surface area contributed by atoms with Gasteiger partial charge in [0.1, 0.15) is 10.5 Å². The molecule has 2 aromatic rings. The van der Waals surface area contributed by atoms with Crippen molar-refractivity contribution in [2.45, 2.75) is 47.9 Å². The summed E-state index contributed by atoms with van der Waals surface area (Å²) in [5.41, 5.74) is 7.41. The number of hydrogen-bond acceptors (Lipinski definition) is 6. The highest BCUT2D eigenvalue weighted by Crippen LogP contribution is 2.45. The van der Waals surface area contributed by atoms with Crippen LogP contribution in [0.15, 0.2) is 39.8 Å². The second-order valence-electron chi connectivity index (χ2n) is 7.89. The number of piperidine rings is 1. The first-order valence-corrected chi connectivity index (χ1v) is 11.3. The Hall–Kier alpha value is -1.90. The molecule has 1 aliphatic heterocycles. The van der Waals surface area contributed by atoms with E-state index < -0.39 is 5.95 Å². The van der Waals surface area contributed by atoms with E-state index in [0.29, 0.717) is 16.4 Å². The number of nitrogens with zero attached hydrogens (tertiary/aromatic N) is 5. The Labute approximate surface area is 185 Å². The van der Waals surface area contributed by atoms with Crippen molar-refractivity contribution in [2.24, 2.45) is 16.1 Å². The van der Waals surface area contributed by atoms with Gasteiger partial charge in [-0.25, -0.2) is 9.97 Å². The van der Waals surface area contributed by atoms with Gasteiger partial charge in [0.2, 0.25) is 11.9 Å². The van der Waals surface area contributed by atoms with Gasteiger partial charge in [0.15, 0.2) is 0 Å². The predicted octanol–water partition coefficient (Wildman–Crippen LogP) is 3.95. The van der Waals surface area contributed by atoms with Gasteiger partial charge in [-0.2, -0.15) is 4.39 Å². The van der Waals surface area contributed by atoms with E-state index in [2.05, 4.69) is 21.5 Å². The van der Waals surface area contributed by atoms with Crippen LogP contribution in [0.1, 0.15) is 32.1 Å². The van der Waals surface area contributed by atoms with Gasteiger partial charge in [0.05, 0.1) is 4.90 Å². The van der Waals surface area contributed by atoms with Crippen LogP contribution >= 0.6 is 23.4 Å². The fourth-order valence-corrected chi connectivity index (χ4v) is 5.83. The topological polar surface area (TPSA) is 72.3 Å². The Morgan fingerprint density at radius 2 is 2.10 bits per heavy atom. The zero-order chi connectivity index (χ0) is 21.3. The van der Waals surface area contributed by atoms with Crippen molar-refractivity contribution in [3.63, 3.8) is 0 Å². The maximum absolute atomic E-state index is 13.7. The van der Waals surface area contributed by atoms with Crippen molar-refractivity contribution in [1.82, 2.24) is 14.5 Å². The van der Waals surface area contributed by atoms with Crippen LogP contribution in [0.5, 0.6) is 0 Å². The number of anilines is 1. The number of hydrogen-bond donors (Lipinski definition) is 1. The van der Waals surface area contributed by atoms with Crippen LogP contribution in [-0.2, 0) is 0 Å². The third-order valence-electron chi connectivity index (χ3n) is 6.41. The average molecular weight is 449 g/mol. The molecule has 160 valence electrons. The largest absolute Gasteiger partial charge is 0.342 e. The van der Waals surface area contributed by atoms with Crippen molar-refractivity contribution in [2.75, 3.05) is 25.0 Å². The summed E-state index contributed by atoms with van der Waals surface area (Å²) in [7, 11) is 1.72. The molecule has 1 spiro atoms. The van der Waals surface area contributed by atoms with Crippen molar-refractivity contribution >= 4 is 35.5 Å². The molecule has 2 aliphatic rings. The fourth-order valence-electron chi connectivity index (χ4n) is 4.68. The molecule has 9 heteroatoms. The second-order valence-corrected chi connectivity index (χ2v) is 9.35. The van der Waals surface area contributed by atoms with E-state index >= 15 is 0 Å². The van der Waals surface area contributed by atoms with Crippen LogP contribution in [0.2, 0.25) is 5.02 Å². The highest BCUT2D eigenvalue weighted by atomic mass is 35.5. The van der Waals surface area contributed by atoms with Gasteiger partial charge in [0.25, 0.3) is 0 Å². The molecule has 2 fully saturated rings. The molecule has 0 amide bonds. The first-order valence-electron chi connectivity index (χ1n) is 10.1.